The summed E-state index contributed by atoms with van der Waals surface area (Å²) in [5, 5.41) is 8.17. The number of hydrogen-bond acceptors (Lipinski definition) is 6. The smallest absolute Gasteiger partial charge is 0.424 e. The highest BCUT2D eigenvalue weighted by molar-refractivity contribution is 5.04. The van der Waals surface area contributed by atoms with E-state index in [0.29, 0.717) is 31.0 Å². The van der Waals surface area contributed by atoms with Crippen LogP contribution in [-0.2, 0) is 19.3 Å². The summed E-state index contributed by atoms with van der Waals surface area (Å²) in [7, 11) is 0. The Morgan fingerprint density at radius 3 is 2.52 bits per heavy atom. The van der Waals surface area contributed by atoms with Crippen molar-refractivity contribution in [3.05, 3.63) is 40.2 Å². The molecule has 10 heteroatoms. The van der Waals surface area contributed by atoms with Gasteiger partial charge in [-0.15, -0.1) is 10.2 Å². The van der Waals surface area contributed by atoms with Gasteiger partial charge in [-0.1, -0.05) is 0 Å². The van der Waals surface area contributed by atoms with E-state index in [0.717, 1.165) is 51.0 Å². The largest absolute Gasteiger partial charge is 0.433 e. The van der Waals surface area contributed by atoms with Crippen LogP contribution in [0.2, 0.25) is 0 Å². The van der Waals surface area contributed by atoms with Crippen molar-refractivity contribution in [1.29, 1.82) is 0 Å². The van der Waals surface area contributed by atoms with Crippen LogP contribution in [0, 0.1) is 5.92 Å². The van der Waals surface area contributed by atoms with Crippen molar-refractivity contribution in [3.63, 3.8) is 0 Å². The molecule has 2 aromatic heterocycles. The number of piperidine rings is 1. The number of hydrogen-bond donors (Lipinski definition) is 0. The summed E-state index contributed by atoms with van der Waals surface area (Å²) in [6.07, 6.45) is 0.317. The summed E-state index contributed by atoms with van der Waals surface area (Å²) < 4.78 is 44.7. The van der Waals surface area contributed by atoms with Crippen LogP contribution in [0.1, 0.15) is 49.1 Å². The minimum absolute atomic E-state index is 0.224. The van der Waals surface area contributed by atoms with Gasteiger partial charge in [0.05, 0.1) is 12.9 Å². The zero-order chi connectivity index (χ0) is 19.0. The fraction of sp³-hybridized carbons (Fsp3) is 0.647. The Kier molecular flexibility index (Phi) is 4.75. The van der Waals surface area contributed by atoms with Crippen molar-refractivity contribution in [1.82, 2.24) is 24.6 Å². The summed E-state index contributed by atoms with van der Waals surface area (Å²) in [4.78, 5) is 17.5. The van der Waals surface area contributed by atoms with Gasteiger partial charge in [0.2, 0.25) is 11.8 Å². The molecule has 1 aliphatic heterocycles. The molecule has 1 saturated carbocycles. The minimum atomic E-state index is -4.60. The number of alkyl halides is 3. The number of halogens is 3. The predicted molar refractivity (Wildman–Crippen MR) is 87.8 cm³/mol. The topological polar surface area (TPSA) is 77.1 Å². The van der Waals surface area contributed by atoms with Crippen LogP contribution >= 0.6 is 0 Å². The van der Waals surface area contributed by atoms with Crippen molar-refractivity contribution < 1.29 is 17.6 Å². The lowest BCUT2D eigenvalue weighted by molar-refractivity contribution is -0.141. The Hall–Kier alpha value is -2.23. The Labute approximate surface area is 153 Å². The molecule has 4 rings (SSSR count). The van der Waals surface area contributed by atoms with E-state index in [2.05, 4.69) is 20.1 Å². The van der Waals surface area contributed by atoms with E-state index in [9.17, 15) is 18.0 Å². The lowest BCUT2D eigenvalue weighted by Gasteiger charge is -2.31. The number of aromatic nitrogens is 4. The minimum Gasteiger partial charge on any atom is -0.424 e. The molecule has 0 radical (unpaired) electrons. The summed E-state index contributed by atoms with van der Waals surface area (Å²) in [5.41, 5.74) is -1.82. The normalized spacial score (nSPS) is 19.5. The number of nitrogens with zero attached hydrogens (tertiary/aromatic N) is 5. The maximum atomic E-state index is 12.6. The van der Waals surface area contributed by atoms with Gasteiger partial charge in [0.25, 0.3) is 5.56 Å². The lowest BCUT2D eigenvalue weighted by atomic mass is 9.96. The van der Waals surface area contributed by atoms with Crippen LogP contribution in [0.5, 0.6) is 0 Å². The molecular formula is C17H20F3N5O2. The van der Waals surface area contributed by atoms with Crippen molar-refractivity contribution in [2.45, 2.75) is 50.9 Å². The molecule has 2 aliphatic rings. The zero-order valence-corrected chi connectivity index (χ0v) is 14.7. The van der Waals surface area contributed by atoms with E-state index in [4.69, 9.17) is 4.42 Å². The lowest BCUT2D eigenvalue weighted by Crippen LogP contribution is -2.36. The molecule has 0 amide bonds. The van der Waals surface area contributed by atoms with E-state index in [-0.39, 0.29) is 5.92 Å². The molecule has 27 heavy (non-hydrogen) atoms. The maximum Gasteiger partial charge on any atom is 0.433 e. The van der Waals surface area contributed by atoms with E-state index in [1.807, 2.05) is 0 Å². The number of rotatable bonds is 5. The quantitative estimate of drug-likeness (QED) is 0.789. The molecule has 1 aliphatic carbocycles. The van der Waals surface area contributed by atoms with Crippen molar-refractivity contribution >= 4 is 0 Å². The van der Waals surface area contributed by atoms with Crippen LogP contribution in [0.25, 0.3) is 0 Å². The standard InChI is InChI=1S/C17H20F3N5O2/c18-17(19,20)13-7-15(26)25(10-21-13)8-11-3-5-24(6-4-11)9-14-22-23-16(27-14)12-1-2-12/h7,10-12H,1-6,8-9H2. The summed E-state index contributed by atoms with van der Waals surface area (Å²) in [5.74, 6) is 2.02. The van der Waals surface area contributed by atoms with Gasteiger partial charge in [-0.05, 0) is 44.7 Å². The van der Waals surface area contributed by atoms with Gasteiger partial charge in [-0.2, -0.15) is 13.2 Å². The van der Waals surface area contributed by atoms with Gasteiger partial charge in [-0.3, -0.25) is 14.3 Å². The van der Waals surface area contributed by atoms with Crippen LogP contribution in [0.3, 0.4) is 0 Å². The molecule has 0 bridgehead atoms. The molecule has 3 heterocycles. The first-order chi connectivity index (χ1) is 12.9. The monoisotopic (exact) mass is 383 g/mol. The van der Waals surface area contributed by atoms with Crippen molar-refractivity contribution in [2.24, 2.45) is 5.92 Å². The fourth-order valence-electron chi connectivity index (χ4n) is 3.34. The number of likely N-dealkylation sites (tertiary alicyclic amines) is 1. The van der Waals surface area contributed by atoms with Crippen LogP contribution in [-0.4, -0.2) is 37.7 Å². The predicted octanol–water partition coefficient (Wildman–Crippen LogP) is 2.43. The van der Waals surface area contributed by atoms with Crippen molar-refractivity contribution in [3.8, 4) is 0 Å². The van der Waals surface area contributed by atoms with E-state index in [1.54, 1.807) is 0 Å². The highest BCUT2D eigenvalue weighted by atomic mass is 19.4. The second-order valence-corrected chi connectivity index (χ2v) is 7.29. The van der Waals surface area contributed by atoms with Crippen molar-refractivity contribution in [2.75, 3.05) is 13.1 Å². The molecule has 0 aromatic carbocycles. The van der Waals surface area contributed by atoms with Gasteiger partial charge in [0.15, 0.2) is 5.69 Å². The molecule has 0 spiro atoms. The Morgan fingerprint density at radius 1 is 1.15 bits per heavy atom. The van der Waals surface area contributed by atoms with Crippen LogP contribution in [0.4, 0.5) is 13.2 Å². The Bertz CT molecular complexity index is 851. The molecule has 2 fully saturated rings. The maximum absolute atomic E-state index is 12.6. The molecule has 0 unspecified atom stereocenters. The third-order valence-corrected chi connectivity index (χ3v) is 5.10. The molecule has 2 aromatic rings. The average molecular weight is 383 g/mol. The van der Waals surface area contributed by atoms with Gasteiger partial charge in [-0.25, -0.2) is 4.98 Å². The van der Waals surface area contributed by atoms with E-state index >= 15 is 0 Å². The van der Waals surface area contributed by atoms with E-state index in [1.165, 1.54) is 4.57 Å². The Morgan fingerprint density at radius 2 is 1.89 bits per heavy atom. The summed E-state index contributed by atoms with van der Waals surface area (Å²) >= 11 is 0. The Balaban J connectivity index is 1.29. The van der Waals surface area contributed by atoms with Crippen LogP contribution in [0.15, 0.2) is 21.6 Å². The first kappa shape index (κ1) is 18.1. The molecule has 1 saturated heterocycles. The molecule has 146 valence electrons. The zero-order valence-electron chi connectivity index (χ0n) is 14.7. The molecule has 7 nitrogen and oxygen atoms in total. The average Bonchev–Trinajstić information content (AvgIpc) is 3.37. The highest BCUT2D eigenvalue weighted by Crippen LogP contribution is 2.39. The van der Waals surface area contributed by atoms with Gasteiger partial charge in [0.1, 0.15) is 0 Å². The SMILES string of the molecule is O=c1cc(C(F)(F)F)ncn1CC1CCN(Cc2nnc(C3CC3)o2)CC1. The van der Waals surface area contributed by atoms with E-state index < -0.39 is 17.4 Å². The van der Waals surface area contributed by atoms with Crippen LogP contribution < -0.4 is 5.56 Å². The summed E-state index contributed by atoms with van der Waals surface area (Å²) in [6, 6.07) is 0.558. The molecule has 0 N–H and O–H groups in total. The molecular weight excluding hydrogens is 363 g/mol. The van der Waals surface area contributed by atoms with Gasteiger partial charge in [0, 0.05) is 18.5 Å². The second kappa shape index (κ2) is 7.06. The fourth-order valence-corrected chi connectivity index (χ4v) is 3.34. The second-order valence-electron chi connectivity index (χ2n) is 7.29. The summed E-state index contributed by atoms with van der Waals surface area (Å²) in [6.45, 7) is 2.61. The first-order valence-corrected chi connectivity index (χ1v) is 9.07. The third kappa shape index (κ3) is 4.37. The third-order valence-electron chi connectivity index (χ3n) is 5.10. The van der Waals surface area contributed by atoms with Gasteiger partial charge >= 0.3 is 6.18 Å². The first-order valence-electron chi connectivity index (χ1n) is 9.07. The molecule has 0 atom stereocenters. The van der Waals surface area contributed by atoms with Gasteiger partial charge < -0.3 is 4.42 Å². The highest BCUT2D eigenvalue weighted by Gasteiger charge is 2.33.